The van der Waals surface area contributed by atoms with Gasteiger partial charge in [0.15, 0.2) is 5.13 Å². The van der Waals surface area contributed by atoms with Crippen molar-refractivity contribution in [1.82, 2.24) is 20.3 Å². The molecule has 11 heteroatoms. The molecule has 35 heavy (non-hydrogen) atoms. The zero-order chi connectivity index (χ0) is 25.2. The lowest BCUT2D eigenvalue weighted by molar-refractivity contribution is 0.252. The number of sulfonamides is 1. The summed E-state index contributed by atoms with van der Waals surface area (Å²) in [6, 6.07) is 11.0. The summed E-state index contributed by atoms with van der Waals surface area (Å²) in [6.45, 7) is 7.55. The molecule has 3 N–H and O–H groups in total. The molecule has 0 saturated heterocycles. The highest BCUT2D eigenvalue weighted by atomic mass is 32.2. The summed E-state index contributed by atoms with van der Waals surface area (Å²) < 4.78 is 27.7. The maximum atomic E-state index is 12.1. The van der Waals surface area contributed by atoms with Crippen LogP contribution in [-0.4, -0.2) is 41.2 Å². The molecule has 0 spiro atoms. The number of pyridine rings is 2. The molecule has 0 atom stereocenters. The second kappa shape index (κ2) is 9.96. The molecule has 0 aliphatic rings. The molecule has 4 aromatic rings. The second-order valence-electron chi connectivity index (χ2n) is 8.22. The standard InChI is InChI=1S/C24H26N6O3S2/c1-5-25-23(31)29-24-28-20-11-17(10-18(22(20)34-24)19-8-6-15(4)12-26-19)16-7-9-21(27-13-16)30-35(32,33)14(2)3/h6-14H,5H2,1-4H3,(H,27,30)(H2,25,28,29,31). The Balaban J connectivity index is 1.76. The van der Waals surface area contributed by atoms with E-state index in [-0.39, 0.29) is 11.8 Å². The van der Waals surface area contributed by atoms with Crippen LogP contribution in [0.2, 0.25) is 0 Å². The summed E-state index contributed by atoms with van der Waals surface area (Å²) in [6.07, 6.45) is 3.42. The predicted octanol–water partition coefficient (Wildman–Crippen LogP) is 5.02. The second-order valence-corrected chi connectivity index (χ2v) is 11.5. The number of fused-ring (bicyclic) bond motifs is 1. The minimum absolute atomic E-state index is 0.256. The van der Waals surface area contributed by atoms with Gasteiger partial charge in [0.25, 0.3) is 0 Å². The number of aromatic nitrogens is 3. The average Bonchev–Trinajstić information content (AvgIpc) is 3.21. The first-order chi connectivity index (χ1) is 16.7. The van der Waals surface area contributed by atoms with Crippen molar-refractivity contribution in [3.63, 3.8) is 0 Å². The van der Waals surface area contributed by atoms with Gasteiger partial charge < -0.3 is 5.32 Å². The van der Waals surface area contributed by atoms with Crippen LogP contribution < -0.4 is 15.4 Å². The first kappa shape index (κ1) is 24.6. The number of urea groups is 1. The minimum atomic E-state index is -3.48. The zero-order valence-electron chi connectivity index (χ0n) is 19.8. The molecule has 3 aromatic heterocycles. The molecule has 182 valence electrons. The number of hydrogen-bond donors (Lipinski definition) is 3. The molecule has 0 radical (unpaired) electrons. The van der Waals surface area contributed by atoms with Crippen molar-refractivity contribution in [1.29, 1.82) is 0 Å². The summed E-state index contributed by atoms with van der Waals surface area (Å²) in [4.78, 5) is 25.5. The SMILES string of the molecule is CCNC(=O)Nc1nc2cc(-c3ccc(NS(=O)(=O)C(C)C)nc3)cc(-c3ccc(C)cn3)c2s1. The fraction of sp³-hybridized carbons (Fsp3) is 0.250. The Morgan fingerprint density at radius 1 is 1.06 bits per heavy atom. The first-order valence-corrected chi connectivity index (χ1v) is 13.4. The van der Waals surface area contributed by atoms with Crippen LogP contribution in [0.15, 0.2) is 48.8 Å². The average molecular weight is 511 g/mol. The Labute approximate surface area is 208 Å². The summed E-state index contributed by atoms with van der Waals surface area (Å²) in [5.74, 6) is 0.256. The van der Waals surface area contributed by atoms with Gasteiger partial charge in [-0.1, -0.05) is 17.4 Å². The van der Waals surface area contributed by atoms with E-state index >= 15 is 0 Å². The van der Waals surface area contributed by atoms with E-state index in [0.717, 1.165) is 32.6 Å². The summed E-state index contributed by atoms with van der Waals surface area (Å²) >= 11 is 1.38. The minimum Gasteiger partial charge on any atom is -0.338 e. The molecular formula is C24H26N6O3S2. The lowest BCUT2D eigenvalue weighted by Gasteiger charge is -2.11. The van der Waals surface area contributed by atoms with Gasteiger partial charge in [0.05, 0.1) is 21.2 Å². The maximum absolute atomic E-state index is 12.1. The number of benzene rings is 1. The Hall–Kier alpha value is -3.57. The number of aryl methyl sites for hydroxylation is 1. The Bertz CT molecular complexity index is 1460. The number of thiazole rings is 1. The van der Waals surface area contributed by atoms with E-state index in [4.69, 9.17) is 0 Å². The van der Waals surface area contributed by atoms with Crippen LogP contribution in [0.3, 0.4) is 0 Å². The number of carbonyl (C=O) groups excluding carboxylic acids is 1. The molecule has 0 unspecified atom stereocenters. The highest BCUT2D eigenvalue weighted by Crippen LogP contribution is 2.38. The number of nitrogens with one attached hydrogen (secondary N) is 3. The third-order valence-corrected chi connectivity index (χ3v) is 7.95. The molecular weight excluding hydrogens is 484 g/mol. The van der Waals surface area contributed by atoms with E-state index in [1.807, 2.05) is 38.1 Å². The molecule has 1 aromatic carbocycles. The van der Waals surface area contributed by atoms with Crippen molar-refractivity contribution in [2.75, 3.05) is 16.6 Å². The fourth-order valence-electron chi connectivity index (χ4n) is 3.26. The highest BCUT2D eigenvalue weighted by molar-refractivity contribution is 7.93. The normalized spacial score (nSPS) is 11.6. The Kier molecular flexibility index (Phi) is 6.99. The molecule has 4 rings (SSSR count). The van der Waals surface area contributed by atoms with E-state index in [9.17, 15) is 13.2 Å². The van der Waals surface area contributed by atoms with Crippen LogP contribution in [0.4, 0.5) is 15.7 Å². The van der Waals surface area contributed by atoms with E-state index in [1.54, 1.807) is 38.4 Å². The fourth-order valence-corrected chi connectivity index (χ4v) is 4.87. The van der Waals surface area contributed by atoms with Crippen LogP contribution in [0.1, 0.15) is 26.3 Å². The van der Waals surface area contributed by atoms with Crippen molar-refractivity contribution in [2.45, 2.75) is 32.9 Å². The number of hydrogen-bond acceptors (Lipinski definition) is 7. The van der Waals surface area contributed by atoms with Crippen LogP contribution in [-0.2, 0) is 10.0 Å². The van der Waals surface area contributed by atoms with E-state index in [0.29, 0.717) is 17.2 Å². The van der Waals surface area contributed by atoms with E-state index < -0.39 is 15.3 Å². The van der Waals surface area contributed by atoms with Crippen molar-refractivity contribution in [2.24, 2.45) is 0 Å². The number of rotatable bonds is 7. The van der Waals surface area contributed by atoms with Crippen LogP contribution in [0.25, 0.3) is 32.6 Å². The van der Waals surface area contributed by atoms with Gasteiger partial charge in [0.2, 0.25) is 10.0 Å². The number of anilines is 2. The molecule has 0 aliphatic heterocycles. The summed E-state index contributed by atoms with van der Waals surface area (Å²) in [5.41, 5.74) is 5.05. The van der Waals surface area contributed by atoms with Gasteiger partial charge in [0.1, 0.15) is 5.82 Å². The molecule has 3 heterocycles. The lowest BCUT2D eigenvalue weighted by atomic mass is 10.0. The van der Waals surface area contributed by atoms with Gasteiger partial charge in [-0.3, -0.25) is 15.0 Å². The third kappa shape index (κ3) is 5.57. The zero-order valence-corrected chi connectivity index (χ0v) is 21.4. The van der Waals surface area contributed by atoms with Crippen molar-refractivity contribution >= 4 is 48.6 Å². The van der Waals surface area contributed by atoms with Gasteiger partial charge >= 0.3 is 6.03 Å². The van der Waals surface area contributed by atoms with Crippen molar-refractivity contribution in [3.8, 4) is 22.4 Å². The first-order valence-electron chi connectivity index (χ1n) is 11.1. The van der Waals surface area contributed by atoms with Gasteiger partial charge in [-0.25, -0.2) is 23.2 Å². The van der Waals surface area contributed by atoms with Crippen LogP contribution in [0, 0.1) is 6.92 Å². The van der Waals surface area contributed by atoms with Crippen LogP contribution >= 0.6 is 11.3 Å². The summed E-state index contributed by atoms with van der Waals surface area (Å²) in [7, 11) is -3.48. The lowest BCUT2D eigenvalue weighted by Crippen LogP contribution is -2.28. The Morgan fingerprint density at radius 3 is 2.49 bits per heavy atom. The van der Waals surface area contributed by atoms with Crippen molar-refractivity contribution in [3.05, 3.63) is 54.4 Å². The molecule has 2 amide bonds. The van der Waals surface area contributed by atoms with Gasteiger partial charge in [-0.05, 0) is 69.2 Å². The van der Waals surface area contributed by atoms with Gasteiger partial charge in [-0.15, -0.1) is 0 Å². The Morgan fingerprint density at radius 2 is 1.86 bits per heavy atom. The summed E-state index contributed by atoms with van der Waals surface area (Å²) in [5, 5.41) is 5.39. The molecule has 0 saturated carbocycles. The smallest absolute Gasteiger partial charge is 0.321 e. The quantitative estimate of drug-likeness (QED) is 0.320. The van der Waals surface area contributed by atoms with E-state index in [2.05, 4.69) is 30.3 Å². The predicted molar refractivity (Wildman–Crippen MR) is 141 cm³/mol. The molecule has 0 aliphatic carbocycles. The molecule has 9 nitrogen and oxygen atoms in total. The number of amides is 2. The number of carbonyl (C=O) groups is 1. The van der Waals surface area contributed by atoms with Gasteiger partial charge in [0, 0.05) is 30.1 Å². The molecule has 0 bridgehead atoms. The van der Waals surface area contributed by atoms with E-state index in [1.165, 1.54) is 11.3 Å². The monoisotopic (exact) mass is 510 g/mol. The third-order valence-electron chi connectivity index (χ3n) is 5.20. The highest BCUT2D eigenvalue weighted by Gasteiger charge is 2.17. The van der Waals surface area contributed by atoms with Crippen LogP contribution in [0.5, 0.6) is 0 Å². The van der Waals surface area contributed by atoms with Gasteiger partial charge in [-0.2, -0.15) is 0 Å². The topological polar surface area (TPSA) is 126 Å². The van der Waals surface area contributed by atoms with Crippen molar-refractivity contribution < 1.29 is 13.2 Å². The molecule has 0 fully saturated rings. The number of nitrogens with zero attached hydrogens (tertiary/aromatic N) is 3. The largest absolute Gasteiger partial charge is 0.338 e. The maximum Gasteiger partial charge on any atom is 0.321 e.